The second kappa shape index (κ2) is 8.63. The molecule has 0 amide bonds. The standard InChI is InChI=1S/C23H25NO2S/c1-4-26-22(25)14-10-17-9-11-18(24-16-17)12-13-19-15-23(2,3)20-7-5-6-8-21(20)27-19/h5-9,11,16,19H,4,10,14-15H2,1-3H3. The molecule has 1 aromatic heterocycles. The van der Waals surface area contributed by atoms with Crippen molar-refractivity contribution in [2.24, 2.45) is 0 Å². The van der Waals surface area contributed by atoms with Gasteiger partial charge in [0.2, 0.25) is 0 Å². The van der Waals surface area contributed by atoms with Gasteiger partial charge in [-0.3, -0.25) is 4.79 Å². The first-order chi connectivity index (χ1) is 13.0. The second-order valence-electron chi connectivity index (χ2n) is 7.32. The number of aromatic nitrogens is 1. The Morgan fingerprint density at radius 2 is 2.11 bits per heavy atom. The summed E-state index contributed by atoms with van der Waals surface area (Å²) in [7, 11) is 0. The molecule has 1 aliphatic heterocycles. The fourth-order valence-electron chi connectivity index (χ4n) is 3.26. The first kappa shape index (κ1) is 19.5. The van der Waals surface area contributed by atoms with Gasteiger partial charge in [-0.2, -0.15) is 0 Å². The van der Waals surface area contributed by atoms with Crippen molar-refractivity contribution in [2.45, 2.75) is 55.6 Å². The van der Waals surface area contributed by atoms with Gasteiger partial charge in [0.15, 0.2) is 0 Å². The van der Waals surface area contributed by atoms with Crippen LogP contribution in [-0.4, -0.2) is 22.8 Å². The lowest BCUT2D eigenvalue weighted by atomic mass is 9.80. The lowest BCUT2D eigenvalue weighted by Gasteiger charge is -2.35. The highest BCUT2D eigenvalue weighted by Gasteiger charge is 2.32. The number of carbonyl (C=O) groups excluding carboxylic acids is 1. The van der Waals surface area contributed by atoms with Crippen molar-refractivity contribution in [3.8, 4) is 11.8 Å². The molecule has 3 rings (SSSR count). The van der Waals surface area contributed by atoms with E-state index in [0.29, 0.717) is 19.4 Å². The number of aryl methyl sites for hydroxylation is 1. The van der Waals surface area contributed by atoms with E-state index in [0.717, 1.165) is 17.7 Å². The van der Waals surface area contributed by atoms with Gasteiger partial charge in [0.05, 0.1) is 11.9 Å². The summed E-state index contributed by atoms with van der Waals surface area (Å²) >= 11 is 1.84. The predicted molar refractivity (Wildman–Crippen MR) is 110 cm³/mol. The summed E-state index contributed by atoms with van der Waals surface area (Å²) in [6.45, 7) is 6.82. The van der Waals surface area contributed by atoms with Crippen LogP contribution in [-0.2, 0) is 21.4 Å². The molecule has 2 aromatic rings. The number of hydrogen-bond acceptors (Lipinski definition) is 4. The molecule has 3 nitrogen and oxygen atoms in total. The number of nitrogens with zero attached hydrogens (tertiary/aromatic N) is 1. The third kappa shape index (κ3) is 5.14. The molecule has 0 spiro atoms. The average molecular weight is 380 g/mol. The molecule has 1 aromatic carbocycles. The Kier molecular flexibility index (Phi) is 6.23. The second-order valence-corrected chi connectivity index (χ2v) is 8.56. The smallest absolute Gasteiger partial charge is 0.306 e. The fraction of sp³-hybridized carbons (Fsp3) is 0.391. The van der Waals surface area contributed by atoms with E-state index in [9.17, 15) is 4.79 Å². The van der Waals surface area contributed by atoms with Crippen LogP contribution in [0.4, 0.5) is 0 Å². The third-order valence-corrected chi connectivity index (χ3v) is 5.87. The molecule has 2 heterocycles. The zero-order valence-electron chi connectivity index (χ0n) is 16.1. The number of fused-ring (bicyclic) bond motifs is 1. The highest BCUT2D eigenvalue weighted by Crippen LogP contribution is 2.44. The number of carbonyl (C=O) groups is 1. The largest absolute Gasteiger partial charge is 0.466 e. The van der Waals surface area contributed by atoms with Gasteiger partial charge < -0.3 is 4.74 Å². The van der Waals surface area contributed by atoms with Gasteiger partial charge in [-0.05, 0) is 54.4 Å². The molecule has 0 aliphatic carbocycles. The number of esters is 1. The maximum Gasteiger partial charge on any atom is 0.306 e. The Labute approximate surface area is 165 Å². The quantitative estimate of drug-likeness (QED) is 0.567. The van der Waals surface area contributed by atoms with Crippen LogP contribution in [0.25, 0.3) is 0 Å². The molecule has 0 bridgehead atoms. The highest BCUT2D eigenvalue weighted by atomic mass is 32.2. The van der Waals surface area contributed by atoms with E-state index >= 15 is 0 Å². The lowest BCUT2D eigenvalue weighted by Crippen LogP contribution is -2.27. The van der Waals surface area contributed by atoms with Crippen LogP contribution < -0.4 is 0 Å². The number of ether oxygens (including phenoxy) is 1. The zero-order chi connectivity index (χ0) is 19.3. The Morgan fingerprint density at radius 1 is 1.30 bits per heavy atom. The van der Waals surface area contributed by atoms with E-state index in [-0.39, 0.29) is 16.6 Å². The van der Waals surface area contributed by atoms with Crippen molar-refractivity contribution in [1.29, 1.82) is 0 Å². The summed E-state index contributed by atoms with van der Waals surface area (Å²) in [6, 6.07) is 12.5. The fourth-order valence-corrected chi connectivity index (χ4v) is 4.81. The van der Waals surface area contributed by atoms with Gasteiger partial charge in [0.25, 0.3) is 0 Å². The highest BCUT2D eigenvalue weighted by molar-refractivity contribution is 8.00. The summed E-state index contributed by atoms with van der Waals surface area (Å²) in [5.74, 6) is 6.45. The van der Waals surface area contributed by atoms with E-state index in [4.69, 9.17) is 4.74 Å². The monoisotopic (exact) mass is 379 g/mol. The van der Waals surface area contributed by atoms with Crippen LogP contribution in [0.5, 0.6) is 0 Å². The Bertz CT molecular complexity index is 862. The molecular formula is C23H25NO2S. The van der Waals surface area contributed by atoms with Gasteiger partial charge in [-0.1, -0.05) is 44.0 Å². The van der Waals surface area contributed by atoms with Gasteiger partial charge in [0.1, 0.15) is 5.69 Å². The molecule has 4 heteroatoms. The minimum Gasteiger partial charge on any atom is -0.466 e. The Balaban J connectivity index is 1.64. The van der Waals surface area contributed by atoms with E-state index in [1.807, 2.05) is 30.8 Å². The van der Waals surface area contributed by atoms with Crippen molar-refractivity contribution in [3.63, 3.8) is 0 Å². The van der Waals surface area contributed by atoms with Crippen LogP contribution in [0.15, 0.2) is 47.5 Å². The van der Waals surface area contributed by atoms with Gasteiger partial charge in [0, 0.05) is 17.5 Å². The predicted octanol–water partition coefficient (Wildman–Crippen LogP) is 4.77. The van der Waals surface area contributed by atoms with Gasteiger partial charge in [-0.15, -0.1) is 11.8 Å². The number of thioether (sulfide) groups is 1. The number of hydrogen-bond donors (Lipinski definition) is 0. The van der Waals surface area contributed by atoms with Crippen LogP contribution in [0, 0.1) is 11.8 Å². The molecule has 1 atom stereocenters. The Morgan fingerprint density at radius 3 is 2.85 bits per heavy atom. The van der Waals surface area contributed by atoms with Gasteiger partial charge >= 0.3 is 5.97 Å². The molecule has 0 saturated carbocycles. The topological polar surface area (TPSA) is 39.2 Å². The minimum atomic E-state index is -0.168. The first-order valence-electron chi connectivity index (χ1n) is 9.36. The SMILES string of the molecule is CCOC(=O)CCc1ccc(C#CC2CC(C)(C)c3ccccc3S2)nc1. The molecule has 27 heavy (non-hydrogen) atoms. The van der Waals surface area contributed by atoms with E-state index in [2.05, 4.69) is 54.9 Å². The first-order valence-corrected chi connectivity index (χ1v) is 10.2. The lowest BCUT2D eigenvalue weighted by molar-refractivity contribution is -0.143. The third-order valence-electron chi connectivity index (χ3n) is 4.69. The minimum absolute atomic E-state index is 0.131. The van der Waals surface area contributed by atoms with E-state index in [1.165, 1.54) is 10.5 Å². The van der Waals surface area contributed by atoms with Gasteiger partial charge in [-0.25, -0.2) is 4.98 Å². The summed E-state index contributed by atoms with van der Waals surface area (Å²) in [4.78, 5) is 17.2. The molecule has 0 saturated heterocycles. The number of pyridine rings is 1. The molecule has 0 radical (unpaired) electrons. The summed E-state index contributed by atoms with van der Waals surface area (Å²) in [5.41, 5.74) is 3.34. The summed E-state index contributed by atoms with van der Waals surface area (Å²) in [6.07, 6.45) is 3.85. The molecular weight excluding hydrogens is 354 g/mol. The van der Waals surface area contributed by atoms with Crippen molar-refractivity contribution in [3.05, 3.63) is 59.4 Å². The van der Waals surface area contributed by atoms with Crippen molar-refractivity contribution in [2.75, 3.05) is 6.61 Å². The van der Waals surface area contributed by atoms with Crippen LogP contribution in [0.1, 0.15) is 50.4 Å². The average Bonchev–Trinajstić information content (AvgIpc) is 2.65. The summed E-state index contributed by atoms with van der Waals surface area (Å²) < 4.78 is 4.95. The van der Waals surface area contributed by atoms with Crippen molar-refractivity contribution in [1.82, 2.24) is 4.98 Å². The molecule has 1 unspecified atom stereocenters. The van der Waals surface area contributed by atoms with Crippen LogP contribution in [0.2, 0.25) is 0 Å². The maximum absolute atomic E-state index is 11.4. The van der Waals surface area contributed by atoms with Crippen LogP contribution >= 0.6 is 11.8 Å². The molecule has 140 valence electrons. The molecule has 1 aliphatic rings. The normalized spacial score (nSPS) is 17.4. The number of rotatable bonds is 4. The zero-order valence-corrected chi connectivity index (χ0v) is 16.9. The van der Waals surface area contributed by atoms with Crippen LogP contribution in [0.3, 0.4) is 0 Å². The van der Waals surface area contributed by atoms with Crippen molar-refractivity contribution < 1.29 is 9.53 Å². The maximum atomic E-state index is 11.4. The molecule has 0 fully saturated rings. The van der Waals surface area contributed by atoms with E-state index < -0.39 is 0 Å². The molecule has 0 N–H and O–H groups in total. The Hall–Kier alpha value is -2.25. The number of benzene rings is 1. The van der Waals surface area contributed by atoms with E-state index in [1.54, 1.807) is 6.20 Å². The van der Waals surface area contributed by atoms with Crippen molar-refractivity contribution >= 4 is 17.7 Å². The summed E-state index contributed by atoms with van der Waals surface area (Å²) in [5, 5.41) is 0.264.